The van der Waals surface area contributed by atoms with Crippen molar-refractivity contribution in [2.75, 3.05) is 13.2 Å². The van der Waals surface area contributed by atoms with Gasteiger partial charge in [0.15, 0.2) is 0 Å². The van der Waals surface area contributed by atoms with Crippen molar-refractivity contribution in [3.63, 3.8) is 0 Å². The molecule has 1 aromatic rings. The van der Waals surface area contributed by atoms with E-state index in [-0.39, 0.29) is 29.9 Å². The minimum Gasteiger partial charge on any atom is -0.427 e. The third-order valence-corrected chi connectivity index (χ3v) is 4.86. The fourth-order valence-corrected chi connectivity index (χ4v) is 3.32. The van der Waals surface area contributed by atoms with Gasteiger partial charge in [-0.05, 0) is 35.7 Å². The van der Waals surface area contributed by atoms with Gasteiger partial charge in [0, 0.05) is 17.5 Å². The third-order valence-electron chi connectivity index (χ3n) is 4.86. The Balaban J connectivity index is 0.00000251. The molecular weight excluding hydrogens is 457 g/mol. The molecule has 3 atom stereocenters. The molecule has 1 rings (SSSR count). The van der Waals surface area contributed by atoms with E-state index in [1.54, 1.807) is 0 Å². The van der Waals surface area contributed by atoms with Gasteiger partial charge >= 0.3 is 42.7 Å². The molecule has 0 amide bonds. The maximum Gasteiger partial charge on any atom is 0.458 e. The molecule has 14 nitrogen and oxygen atoms in total. The highest BCUT2D eigenvalue weighted by atomic mass is 16.4. The Morgan fingerprint density at radius 2 is 0.647 bits per heavy atom. The van der Waals surface area contributed by atoms with Crippen molar-refractivity contribution >= 4 is 42.7 Å². The van der Waals surface area contributed by atoms with E-state index in [9.17, 15) is 60.3 Å². The van der Waals surface area contributed by atoms with Crippen LogP contribution in [0.1, 0.15) is 34.1 Å². The molecule has 188 valence electrons. The second-order valence-corrected chi connectivity index (χ2v) is 7.59. The molecule has 0 fully saturated rings. The number of hydrogen-bond donors (Lipinski definition) is 14. The summed E-state index contributed by atoms with van der Waals surface area (Å²) in [5, 5.41) is 129. The van der Waals surface area contributed by atoms with Crippen LogP contribution < -0.4 is 0 Å². The van der Waals surface area contributed by atoms with Crippen molar-refractivity contribution in [1.29, 1.82) is 0 Å². The molecule has 0 aliphatic rings. The highest BCUT2D eigenvalue weighted by Crippen LogP contribution is 2.34. The molecule has 14 N–H and O–H groups in total. The molecule has 0 spiro atoms. The first-order chi connectivity index (χ1) is 15.7. The van der Waals surface area contributed by atoms with Crippen molar-refractivity contribution in [3.05, 3.63) is 34.9 Å². The smallest absolute Gasteiger partial charge is 0.427 e. The zero-order chi connectivity index (χ0) is 26.6. The van der Waals surface area contributed by atoms with Crippen LogP contribution in [0.15, 0.2) is 18.2 Å². The van der Waals surface area contributed by atoms with Crippen molar-refractivity contribution in [2.24, 2.45) is 0 Å². The minimum absolute atomic E-state index is 0.0155. The maximum absolute atomic E-state index is 9.66. The highest BCUT2D eigenvalue weighted by Gasteiger charge is 2.36. The molecule has 34 heavy (non-hydrogen) atoms. The molecule has 0 radical (unpaired) electrons. The van der Waals surface area contributed by atoms with E-state index >= 15 is 0 Å². The Labute approximate surface area is 198 Å². The van der Waals surface area contributed by atoms with Gasteiger partial charge in [-0.25, -0.2) is 0 Å². The lowest BCUT2D eigenvalue weighted by Gasteiger charge is -2.24. The molecule has 20 heteroatoms. The summed E-state index contributed by atoms with van der Waals surface area (Å²) in [4.78, 5) is 0. The van der Waals surface area contributed by atoms with Gasteiger partial charge in [0.2, 0.25) is 0 Å². The minimum atomic E-state index is -2.09. The van der Waals surface area contributed by atoms with E-state index in [1.165, 1.54) is 18.2 Å². The summed E-state index contributed by atoms with van der Waals surface area (Å²) in [6, 6.07) is 3.70. The standard InChI is InChI=1S/C12H24B6O12.C2H6O2/c19-13(20)4-10(16(25)26)7-1-8(11(17(27)28)5-14(21)22)3-9(2-7)12(18(29)30)6-15(23)24;3-1-2-4/h1-3,10-12,19-30H,4-6H2;3-4H,1-2H2. The van der Waals surface area contributed by atoms with Crippen molar-refractivity contribution in [1.82, 2.24) is 0 Å². The van der Waals surface area contributed by atoms with Gasteiger partial charge in [0.25, 0.3) is 0 Å². The van der Waals surface area contributed by atoms with Crippen molar-refractivity contribution < 1.29 is 70.5 Å². The SMILES string of the molecule is OB(O)CC(B(O)O)c1cc(C(CB(O)O)B(O)O)cc(C(CB(O)O)B(O)O)c1.OCCO. The Bertz CT molecular complexity index is 582. The van der Waals surface area contributed by atoms with Gasteiger partial charge < -0.3 is 70.5 Å². The molecule has 1 aromatic carbocycles. The van der Waals surface area contributed by atoms with Crippen LogP contribution in [-0.2, 0) is 0 Å². The Morgan fingerprint density at radius 3 is 0.765 bits per heavy atom. The zero-order valence-electron chi connectivity index (χ0n) is 18.2. The monoisotopic (exact) mass is 488 g/mol. The summed E-state index contributed by atoms with van der Waals surface area (Å²) in [5.41, 5.74) is 0.0466. The normalized spacial score (nSPS) is 13.2. The average molecular weight is 487 g/mol. The molecule has 0 saturated carbocycles. The maximum atomic E-state index is 9.66. The molecule has 0 bridgehead atoms. The average Bonchev–Trinajstić information content (AvgIpc) is 2.72. The fraction of sp³-hybridized carbons (Fsp3) is 0.571. The molecule has 3 unspecified atom stereocenters. The number of benzene rings is 1. The molecule has 0 saturated heterocycles. The van der Waals surface area contributed by atoms with Crippen LogP contribution in [0, 0.1) is 0 Å². The van der Waals surface area contributed by atoms with Crippen LogP contribution in [0.3, 0.4) is 0 Å². The second kappa shape index (κ2) is 16.7. The zero-order valence-corrected chi connectivity index (χ0v) is 18.2. The van der Waals surface area contributed by atoms with E-state index in [2.05, 4.69) is 0 Å². The first-order valence-electron chi connectivity index (χ1n) is 10.3. The van der Waals surface area contributed by atoms with E-state index in [1.807, 2.05) is 0 Å². The first kappa shape index (κ1) is 33.0. The summed E-state index contributed by atoms with van der Waals surface area (Å²) < 4.78 is 0. The van der Waals surface area contributed by atoms with Crippen LogP contribution in [0.5, 0.6) is 0 Å². The van der Waals surface area contributed by atoms with E-state index in [4.69, 9.17) is 10.2 Å². The lowest BCUT2D eigenvalue weighted by molar-refractivity contribution is 0.186. The van der Waals surface area contributed by atoms with Crippen LogP contribution in [0.25, 0.3) is 0 Å². The quantitative estimate of drug-likeness (QED) is 0.115. The van der Waals surface area contributed by atoms with E-state index in [0.29, 0.717) is 0 Å². The van der Waals surface area contributed by atoms with Gasteiger partial charge in [-0.2, -0.15) is 0 Å². The van der Waals surface area contributed by atoms with Crippen molar-refractivity contribution in [2.45, 2.75) is 36.4 Å². The van der Waals surface area contributed by atoms with Gasteiger partial charge in [0.05, 0.1) is 13.2 Å². The summed E-state index contributed by atoms with van der Waals surface area (Å²) >= 11 is 0. The van der Waals surface area contributed by atoms with Gasteiger partial charge in [0.1, 0.15) is 0 Å². The number of hydrogen-bond acceptors (Lipinski definition) is 14. The number of rotatable bonds is 13. The summed E-state index contributed by atoms with van der Waals surface area (Å²) in [6.45, 7) is -0.250. The van der Waals surface area contributed by atoms with Crippen LogP contribution in [0.2, 0.25) is 19.0 Å². The third kappa shape index (κ3) is 12.1. The number of aliphatic hydroxyl groups is 2. The van der Waals surface area contributed by atoms with Gasteiger partial charge in [-0.15, -0.1) is 0 Å². The topological polar surface area (TPSA) is 283 Å². The van der Waals surface area contributed by atoms with Crippen molar-refractivity contribution in [3.8, 4) is 0 Å². The lowest BCUT2D eigenvalue weighted by Crippen LogP contribution is -2.32. The highest BCUT2D eigenvalue weighted by molar-refractivity contribution is 6.51. The fourth-order valence-electron chi connectivity index (χ4n) is 3.32. The lowest BCUT2D eigenvalue weighted by atomic mass is 9.54. The summed E-state index contributed by atoms with van der Waals surface area (Å²) in [7, 11) is -12.1. The molecule has 0 aromatic heterocycles. The van der Waals surface area contributed by atoms with E-state index < -0.39 is 79.1 Å². The van der Waals surface area contributed by atoms with Crippen LogP contribution >= 0.6 is 0 Å². The first-order valence-corrected chi connectivity index (χ1v) is 10.3. The van der Waals surface area contributed by atoms with Gasteiger partial charge in [-0.1, -0.05) is 18.2 Å². The predicted octanol–water partition coefficient (Wildman–Crippen LogP) is -6.64. The van der Waals surface area contributed by atoms with E-state index in [0.717, 1.165) is 0 Å². The largest absolute Gasteiger partial charge is 0.458 e. The Hall–Kier alpha value is -0.950. The molecular formula is C14H30B6O14. The summed E-state index contributed by atoms with van der Waals surface area (Å²) in [6.07, 6.45) is -1.65. The molecule has 0 aliphatic heterocycles. The number of aliphatic hydroxyl groups excluding tert-OH is 2. The predicted molar refractivity (Wildman–Crippen MR) is 124 cm³/mol. The Morgan fingerprint density at radius 1 is 0.441 bits per heavy atom. The summed E-state index contributed by atoms with van der Waals surface area (Å²) in [5.74, 6) is -3.93. The molecule has 0 heterocycles. The Kier molecular flexibility index (Phi) is 16.2. The van der Waals surface area contributed by atoms with Gasteiger partial charge in [-0.3, -0.25) is 0 Å². The van der Waals surface area contributed by atoms with Crippen LogP contribution in [-0.4, -0.2) is 126 Å². The molecule has 0 aliphatic carbocycles. The second-order valence-electron chi connectivity index (χ2n) is 7.59. The van der Waals surface area contributed by atoms with Crippen LogP contribution in [0.4, 0.5) is 0 Å².